The van der Waals surface area contributed by atoms with Crippen LogP contribution in [0.1, 0.15) is 25.1 Å². The zero-order valence-electron chi connectivity index (χ0n) is 12.0. The second kappa shape index (κ2) is 7.77. The summed E-state index contributed by atoms with van der Waals surface area (Å²) in [6.07, 6.45) is 2.07. The summed E-state index contributed by atoms with van der Waals surface area (Å²) < 4.78 is 0. The van der Waals surface area contributed by atoms with Crippen LogP contribution in [0, 0.1) is 5.92 Å². The van der Waals surface area contributed by atoms with Crippen LogP contribution in [-0.4, -0.2) is 17.6 Å². The van der Waals surface area contributed by atoms with E-state index in [4.69, 9.17) is 11.6 Å². The van der Waals surface area contributed by atoms with Gasteiger partial charge in [-0.3, -0.25) is 0 Å². The molecule has 108 valence electrons. The quantitative estimate of drug-likeness (QED) is 0.829. The van der Waals surface area contributed by atoms with Gasteiger partial charge >= 0.3 is 0 Å². The fraction of sp³-hybridized carbons (Fsp3) is 0.438. The minimum atomic E-state index is 0.512. The van der Waals surface area contributed by atoms with Crippen LogP contribution in [0.15, 0.2) is 35.2 Å². The Kier molecular flexibility index (Phi) is 6.02. The number of rotatable bonds is 7. The molecule has 0 spiro atoms. The number of thiazole rings is 1. The van der Waals surface area contributed by atoms with Crippen LogP contribution < -0.4 is 5.32 Å². The molecule has 0 aliphatic carbocycles. The molecule has 1 N–H and O–H groups in total. The molecule has 1 unspecified atom stereocenters. The summed E-state index contributed by atoms with van der Waals surface area (Å²) in [5, 5.41) is 6.48. The summed E-state index contributed by atoms with van der Waals surface area (Å²) >= 11 is 7.61. The van der Waals surface area contributed by atoms with E-state index < -0.39 is 0 Å². The van der Waals surface area contributed by atoms with Crippen molar-refractivity contribution in [3.63, 3.8) is 0 Å². The van der Waals surface area contributed by atoms with Gasteiger partial charge in [0.2, 0.25) is 0 Å². The topological polar surface area (TPSA) is 24.9 Å². The number of nitrogens with one attached hydrogen (secondary N) is 1. The monoisotopic (exact) mass is 308 g/mol. The number of hydrogen-bond acceptors (Lipinski definition) is 3. The molecule has 2 aromatic rings. The van der Waals surface area contributed by atoms with Crippen LogP contribution in [0.2, 0.25) is 5.02 Å². The summed E-state index contributed by atoms with van der Waals surface area (Å²) in [4.78, 5) is 4.41. The third-order valence-corrected chi connectivity index (χ3v) is 4.12. The largest absolute Gasteiger partial charge is 0.314 e. The predicted molar refractivity (Wildman–Crippen MR) is 87.6 cm³/mol. The molecule has 1 atom stereocenters. The van der Waals surface area contributed by atoms with Gasteiger partial charge in [0.25, 0.3) is 0 Å². The maximum Gasteiger partial charge on any atom is 0.0794 e. The lowest BCUT2D eigenvalue weighted by Gasteiger charge is -2.18. The molecule has 4 heteroatoms. The fourth-order valence-corrected chi connectivity index (χ4v) is 2.90. The second-order valence-corrected chi connectivity index (χ2v) is 6.60. The van der Waals surface area contributed by atoms with E-state index in [0.29, 0.717) is 12.0 Å². The Balaban J connectivity index is 1.99. The van der Waals surface area contributed by atoms with Gasteiger partial charge in [-0.05, 0) is 43.0 Å². The molecule has 2 rings (SSSR count). The van der Waals surface area contributed by atoms with E-state index in [1.54, 1.807) is 11.3 Å². The average Bonchev–Trinajstić information content (AvgIpc) is 2.91. The molecule has 0 amide bonds. The van der Waals surface area contributed by atoms with Crippen molar-refractivity contribution in [2.75, 3.05) is 6.54 Å². The lowest BCUT2D eigenvalue weighted by molar-refractivity contribution is 0.441. The van der Waals surface area contributed by atoms with E-state index >= 15 is 0 Å². The average molecular weight is 309 g/mol. The molecule has 2 nitrogen and oxygen atoms in total. The van der Waals surface area contributed by atoms with Crippen molar-refractivity contribution in [1.82, 2.24) is 10.3 Å². The van der Waals surface area contributed by atoms with Gasteiger partial charge in [0.15, 0.2) is 0 Å². The van der Waals surface area contributed by atoms with Gasteiger partial charge in [-0.15, -0.1) is 11.3 Å². The van der Waals surface area contributed by atoms with Crippen LogP contribution in [0.5, 0.6) is 0 Å². The summed E-state index contributed by atoms with van der Waals surface area (Å²) in [5.41, 5.74) is 4.43. The van der Waals surface area contributed by atoms with Gasteiger partial charge in [-0.2, -0.15) is 0 Å². The van der Waals surface area contributed by atoms with Crippen LogP contribution in [0.25, 0.3) is 0 Å². The molecule has 0 aliphatic rings. The Morgan fingerprint density at radius 3 is 2.55 bits per heavy atom. The highest BCUT2D eigenvalue weighted by molar-refractivity contribution is 7.07. The molecule has 0 bridgehead atoms. The normalized spacial score (nSPS) is 12.8. The van der Waals surface area contributed by atoms with Crippen molar-refractivity contribution in [2.45, 2.75) is 32.7 Å². The van der Waals surface area contributed by atoms with Crippen LogP contribution in [0.3, 0.4) is 0 Å². The molecule has 1 aromatic heterocycles. The van der Waals surface area contributed by atoms with Crippen LogP contribution in [0.4, 0.5) is 0 Å². The zero-order valence-corrected chi connectivity index (χ0v) is 13.5. The highest BCUT2D eigenvalue weighted by Gasteiger charge is 2.12. The van der Waals surface area contributed by atoms with Gasteiger partial charge in [0.1, 0.15) is 0 Å². The van der Waals surface area contributed by atoms with Gasteiger partial charge < -0.3 is 5.32 Å². The first-order valence-electron chi connectivity index (χ1n) is 6.98. The molecule has 1 heterocycles. The maximum atomic E-state index is 5.95. The van der Waals surface area contributed by atoms with Crippen molar-refractivity contribution < 1.29 is 0 Å². The van der Waals surface area contributed by atoms with Crippen molar-refractivity contribution in [3.05, 3.63) is 51.4 Å². The maximum absolute atomic E-state index is 5.95. The molecule has 0 saturated carbocycles. The lowest BCUT2D eigenvalue weighted by atomic mass is 9.94. The minimum Gasteiger partial charge on any atom is -0.314 e. The third-order valence-electron chi connectivity index (χ3n) is 3.23. The van der Waals surface area contributed by atoms with Crippen molar-refractivity contribution in [3.8, 4) is 0 Å². The van der Waals surface area contributed by atoms with Crippen molar-refractivity contribution in [2.24, 2.45) is 5.92 Å². The van der Waals surface area contributed by atoms with E-state index in [9.17, 15) is 0 Å². The van der Waals surface area contributed by atoms with Gasteiger partial charge in [0.05, 0.1) is 11.2 Å². The molecule has 0 saturated heterocycles. The Labute approximate surface area is 130 Å². The molecule has 0 radical (unpaired) electrons. The number of hydrogen-bond donors (Lipinski definition) is 1. The predicted octanol–water partition coefficient (Wildman–Crippen LogP) is 4.20. The zero-order chi connectivity index (χ0) is 14.4. The van der Waals surface area contributed by atoms with Gasteiger partial charge in [-0.25, -0.2) is 4.98 Å². The van der Waals surface area contributed by atoms with Crippen LogP contribution in [-0.2, 0) is 12.8 Å². The summed E-state index contributed by atoms with van der Waals surface area (Å²) in [6, 6.07) is 8.68. The molecule has 20 heavy (non-hydrogen) atoms. The van der Waals surface area contributed by atoms with Crippen molar-refractivity contribution in [1.29, 1.82) is 0 Å². The lowest BCUT2D eigenvalue weighted by Crippen LogP contribution is -2.31. The van der Waals surface area contributed by atoms with E-state index in [2.05, 4.69) is 41.7 Å². The smallest absolute Gasteiger partial charge is 0.0794 e. The van der Waals surface area contributed by atoms with Gasteiger partial charge in [0, 0.05) is 16.4 Å². The van der Waals surface area contributed by atoms with Crippen molar-refractivity contribution >= 4 is 22.9 Å². The van der Waals surface area contributed by atoms with E-state index in [-0.39, 0.29) is 0 Å². The van der Waals surface area contributed by atoms with E-state index in [1.807, 2.05) is 17.6 Å². The Bertz CT molecular complexity index is 494. The first-order chi connectivity index (χ1) is 9.63. The Morgan fingerprint density at radius 1 is 1.20 bits per heavy atom. The number of nitrogens with zero attached hydrogens (tertiary/aromatic N) is 1. The first kappa shape index (κ1) is 15.5. The Morgan fingerprint density at radius 2 is 1.95 bits per heavy atom. The first-order valence-corrected chi connectivity index (χ1v) is 8.30. The number of halogens is 1. The van der Waals surface area contributed by atoms with E-state index in [0.717, 1.165) is 24.4 Å². The third kappa shape index (κ3) is 5.23. The van der Waals surface area contributed by atoms with Crippen LogP contribution >= 0.6 is 22.9 Å². The summed E-state index contributed by atoms with van der Waals surface area (Å²) in [7, 11) is 0. The molecule has 1 aromatic carbocycles. The number of benzene rings is 1. The Hall–Kier alpha value is -0.900. The standard InChI is InChI=1S/C16H21ClN2S/c1-12(2)18-9-14(8-16-10-20-11-19-16)7-13-3-5-15(17)6-4-13/h3-6,10-12,14,18H,7-9H2,1-2H3. The second-order valence-electron chi connectivity index (χ2n) is 5.44. The fourth-order valence-electron chi connectivity index (χ4n) is 2.21. The molecule has 0 fully saturated rings. The molecular formula is C16H21ClN2S. The van der Waals surface area contributed by atoms with E-state index in [1.165, 1.54) is 11.3 Å². The summed E-state index contributed by atoms with van der Waals surface area (Å²) in [6.45, 7) is 5.38. The molecule has 0 aliphatic heterocycles. The van der Waals surface area contributed by atoms with Gasteiger partial charge in [-0.1, -0.05) is 37.6 Å². The highest BCUT2D eigenvalue weighted by atomic mass is 35.5. The summed E-state index contributed by atoms with van der Waals surface area (Å²) in [5.74, 6) is 0.556. The SMILES string of the molecule is CC(C)NCC(Cc1ccc(Cl)cc1)Cc1cscn1. The number of aromatic nitrogens is 1. The highest BCUT2D eigenvalue weighted by Crippen LogP contribution is 2.17. The minimum absolute atomic E-state index is 0.512. The molecular weight excluding hydrogens is 288 g/mol.